The molecule has 2 aliphatic heterocycles. The van der Waals surface area contributed by atoms with Gasteiger partial charge >= 0.3 is 0 Å². The van der Waals surface area contributed by atoms with Crippen LogP contribution in [0.5, 0.6) is 5.75 Å². The van der Waals surface area contributed by atoms with Crippen molar-refractivity contribution in [2.45, 2.75) is 18.6 Å². The Morgan fingerprint density at radius 2 is 2.33 bits per heavy atom. The molecule has 1 N–H and O–H groups in total. The molecule has 80 valence electrons. The lowest BCUT2D eigenvalue weighted by Gasteiger charge is -2.38. The van der Waals surface area contributed by atoms with Crippen molar-refractivity contribution in [3.05, 3.63) is 22.7 Å². The number of benzene rings is 1. The first-order valence-electron chi connectivity index (χ1n) is 5.14. The van der Waals surface area contributed by atoms with E-state index in [2.05, 4.69) is 21.2 Å². The third-order valence-electron chi connectivity index (χ3n) is 2.87. The number of hydrogen-bond acceptors (Lipinski definition) is 3. The molecule has 4 heteroatoms. The molecule has 2 atom stereocenters. The van der Waals surface area contributed by atoms with Gasteiger partial charge in [0.1, 0.15) is 6.10 Å². The van der Waals surface area contributed by atoms with Gasteiger partial charge in [0.2, 0.25) is 0 Å². The minimum absolute atomic E-state index is 0.241. The van der Waals surface area contributed by atoms with Crippen molar-refractivity contribution in [2.75, 3.05) is 18.5 Å². The van der Waals surface area contributed by atoms with Crippen LogP contribution in [-0.4, -0.2) is 25.4 Å². The van der Waals surface area contributed by atoms with Crippen LogP contribution in [0.2, 0.25) is 0 Å². The Morgan fingerprint density at radius 1 is 1.40 bits per heavy atom. The van der Waals surface area contributed by atoms with Crippen LogP contribution in [0.1, 0.15) is 6.42 Å². The molecule has 2 heterocycles. The van der Waals surface area contributed by atoms with Crippen LogP contribution < -0.4 is 10.1 Å². The van der Waals surface area contributed by atoms with E-state index in [4.69, 9.17) is 9.47 Å². The summed E-state index contributed by atoms with van der Waals surface area (Å²) in [6, 6.07) is 6.33. The summed E-state index contributed by atoms with van der Waals surface area (Å²) < 4.78 is 12.4. The Labute approximate surface area is 96.9 Å². The van der Waals surface area contributed by atoms with Gasteiger partial charge in [0.25, 0.3) is 0 Å². The average molecular weight is 270 g/mol. The fraction of sp³-hybridized carbons (Fsp3) is 0.455. The zero-order valence-electron chi connectivity index (χ0n) is 8.20. The van der Waals surface area contributed by atoms with Crippen molar-refractivity contribution in [2.24, 2.45) is 0 Å². The molecule has 3 nitrogen and oxygen atoms in total. The number of anilines is 1. The van der Waals surface area contributed by atoms with Gasteiger partial charge in [0.15, 0.2) is 5.75 Å². The second kappa shape index (κ2) is 3.68. The molecule has 0 saturated carbocycles. The van der Waals surface area contributed by atoms with Crippen LogP contribution in [0.25, 0.3) is 0 Å². The average Bonchev–Trinajstić information content (AvgIpc) is 2.27. The summed E-state index contributed by atoms with van der Waals surface area (Å²) in [5.74, 6) is 0.931. The molecule has 1 fully saturated rings. The number of para-hydroxylation sites is 1. The Balaban J connectivity index is 1.95. The first-order valence-corrected chi connectivity index (χ1v) is 5.93. The summed E-state index contributed by atoms with van der Waals surface area (Å²) in [5.41, 5.74) is 1.05. The van der Waals surface area contributed by atoms with Gasteiger partial charge in [-0.05, 0) is 28.1 Å². The molecule has 0 spiro atoms. The van der Waals surface area contributed by atoms with Crippen LogP contribution >= 0.6 is 15.9 Å². The van der Waals surface area contributed by atoms with E-state index in [-0.39, 0.29) is 6.10 Å². The van der Waals surface area contributed by atoms with Crippen molar-refractivity contribution in [3.8, 4) is 5.75 Å². The van der Waals surface area contributed by atoms with Gasteiger partial charge < -0.3 is 14.8 Å². The van der Waals surface area contributed by atoms with E-state index in [1.165, 1.54) is 0 Å². The van der Waals surface area contributed by atoms with Crippen molar-refractivity contribution in [3.63, 3.8) is 0 Å². The van der Waals surface area contributed by atoms with Gasteiger partial charge in [-0.15, -0.1) is 0 Å². The Bertz CT molecular complexity index is 383. The second-order valence-electron chi connectivity index (χ2n) is 3.89. The van der Waals surface area contributed by atoms with E-state index in [9.17, 15) is 0 Å². The minimum Gasteiger partial charge on any atom is -0.485 e. The largest absolute Gasteiger partial charge is 0.485 e. The minimum atomic E-state index is 0.241. The highest BCUT2D eigenvalue weighted by atomic mass is 79.9. The molecule has 0 aliphatic carbocycles. The Hall–Kier alpha value is -0.740. The van der Waals surface area contributed by atoms with Crippen LogP contribution in [0.15, 0.2) is 22.7 Å². The summed E-state index contributed by atoms with van der Waals surface area (Å²) in [5, 5.41) is 3.46. The van der Waals surface area contributed by atoms with Crippen molar-refractivity contribution in [1.82, 2.24) is 0 Å². The van der Waals surface area contributed by atoms with Crippen LogP contribution in [0, 0.1) is 0 Å². The lowest BCUT2D eigenvalue weighted by atomic mass is 10.0. The number of fused-ring (bicyclic) bond motifs is 2. The Morgan fingerprint density at radius 3 is 3.27 bits per heavy atom. The van der Waals surface area contributed by atoms with Gasteiger partial charge in [-0.1, -0.05) is 6.07 Å². The zero-order chi connectivity index (χ0) is 10.3. The van der Waals surface area contributed by atoms with Gasteiger partial charge in [0.05, 0.1) is 29.4 Å². The predicted octanol–water partition coefficient (Wildman–Crippen LogP) is 2.41. The lowest BCUT2D eigenvalue weighted by Crippen LogP contribution is -2.48. The first-order chi connectivity index (χ1) is 7.34. The summed E-state index contributed by atoms with van der Waals surface area (Å²) in [6.45, 7) is 1.53. The molecule has 15 heavy (non-hydrogen) atoms. The van der Waals surface area contributed by atoms with Gasteiger partial charge in [0, 0.05) is 6.42 Å². The summed E-state index contributed by atoms with van der Waals surface area (Å²) in [7, 11) is 0. The molecule has 0 amide bonds. The molecule has 0 bridgehead atoms. The Kier molecular flexibility index (Phi) is 2.33. The van der Waals surface area contributed by atoms with Crippen molar-refractivity contribution >= 4 is 21.6 Å². The number of rotatable bonds is 0. The highest BCUT2D eigenvalue weighted by Gasteiger charge is 2.32. The molecule has 1 aromatic rings. The molecule has 0 radical (unpaired) electrons. The maximum atomic E-state index is 5.98. The molecule has 2 unspecified atom stereocenters. The van der Waals surface area contributed by atoms with Gasteiger partial charge in [-0.3, -0.25) is 0 Å². The molecule has 1 aromatic carbocycles. The van der Waals surface area contributed by atoms with E-state index in [0.29, 0.717) is 6.04 Å². The highest BCUT2D eigenvalue weighted by Crippen LogP contribution is 2.39. The van der Waals surface area contributed by atoms with Crippen LogP contribution in [0.4, 0.5) is 5.69 Å². The molecular weight excluding hydrogens is 258 g/mol. The fourth-order valence-electron chi connectivity index (χ4n) is 2.09. The zero-order valence-corrected chi connectivity index (χ0v) is 9.79. The smallest absolute Gasteiger partial charge is 0.157 e. The molecule has 2 aliphatic rings. The third kappa shape index (κ3) is 1.62. The monoisotopic (exact) mass is 269 g/mol. The van der Waals surface area contributed by atoms with E-state index in [1.54, 1.807) is 0 Å². The maximum Gasteiger partial charge on any atom is 0.157 e. The van der Waals surface area contributed by atoms with Crippen LogP contribution in [-0.2, 0) is 4.74 Å². The van der Waals surface area contributed by atoms with Gasteiger partial charge in [-0.25, -0.2) is 0 Å². The van der Waals surface area contributed by atoms with E-state index < -0.39 is 0 Å². The number of halogens is 1. The number of hydrogen-bond donors (Lipinski definition) is 1. The quantitative estimate of drug-likeness (QED) is 0.785. The number of nitrogens with one attached hydrogen (secondary N) is 1. The lowest BCUT2D eigenvalue weighted by molar-refractivity contribution is 0.00958. The summed E-state index contributed by atoms with van der Waals surface area (Å²) in [6.07, 6.45) is 1.20. The SMILES string of the molecule is Brc1cccc2c1OC1CCOCC1N2. The third-order valence-corrected chi connectivity index (χ3v) is 3.49. The maximum absolute atomic E-state index is 5.98. The van der Waals surface area contributed by atoms with E-state index in [1.807, 2.05) is 18.2 Å². The molecule has 1 saturated heterocycles. The normalized spacial score (nSPS) is 28.3. The summed E-state index contributed by atoms with van der Waals surface area (Å²) in [4.78, 5) is 0. The van der Waals surface area contributed by atoms with Crippen molar-refractivity contribution in [1.29, 1.82) is 0 Å². The highest BCUT2D eigenvalue weighted by molar-refractivity contribution is 9.10. The van der Waals surface area contributed by atoms with E-state index >= 15 is 0 Å². The predicted molar refractivity (Wildman–Crippen MR) is 61.4 cm³/mol. The van der Waals surface area contributed by atoms with Gasteiger partial charge in [-0.2, -0.15) is 0 Å². The van der Waals surface area contributed by atoms with E-state index in [0.717, 1.165) is 35.5 Å². The summed E-state index contributed by atoms with van der Waals surface area (Å²) >= 11 is 3.50. The standard InChI is InChI=1S/C11H12BrNO2/c12-7-2-1-3-8-11(7)15-10-4-5-14-6-9(10)13-8/h1-3,9-10,13H,4-6H2. The first kappa shape index (κ1) is 9.48. The van der Waals surface area contributed by atoms with Crippen molar-refractivity contribution < 1.29 is 9.47 Å². The van der Waals surface area contributed by atoms with Crippen LogP contribution in [0.3, 0.4) is 0 Å². The molecule has 3 rings (SSSR count). The number of ether oxygens (including phenoxy) is 2. The fourth-order valence-corrected chi connectivity index (χ4v) is 2.55. The molecule has 0 aromatic heterocycles. The molecular formula is C11H12BrNO2. The second-order valence-corrected chi connectivity index (χ2v) is 4.74. The topological polar surface area (TPSA) is 30.5 Å².